The molecule has 3 saturated carbocycles. The largest absolute Gasteiger partial charge is 0.686 e. The van der Waals surface area contributed by atoms with Crippen molar-refractivity contribution in [2.45, 2.75) is 132 Å². The van der Waals surface area contributed by atoms with Crippen molar-refractivity contribution in [1.82, 2.24) is 0 Å². The van der Waals surface area contributed by atoms with E-state index >= 15 is 0 Å². The molecule has 0 aromatic carbocycles. The maximum atomic E-state index is 12.5. The first-order valence-electron chi connectivity index (χ1n) is 19.2. The van der Waals surface area contributed by atoms with E-state index in [1.807, 2.05) is 0 Å². The third-order valence-electron chi connectivity index (χ3n) is 11.7. The quantitative estimate of drug-likeness (QED) is 0.197. The number of hydrogen-bond donors (Lipinski definition) is 0. The second-order valence-corrected chi connectivity index (χ2v) is 15.2. The summed E-state index contributed by atoms with van der Waals surface area (Å²) in [5, 5.41) is 12.6. The molecule has 3 aliphatic carbocycles. The maximum absolute atomic E-state index is 12.5. The third-order valence-corrected chi connectivity index (χ3v) is 11.7. The van der Waals surface area contributed by atoms with E-state index < -0.39 is 35.9 Å². The fourth-order valence-electron chi connectivity index (χ4n) is 8.28. The minimum atomic E-state index is -4.27. The molecular formula is C39H56F9IrN3O3-6. The van der Waals surface area contributed by atoms with E-state index in [9.17, 15) is 39.5 Å². The van der Waals surface area contributed by atoms with Crippen LogP contribution < -0.4 is 0 Å². The van der Waals surface area contributed by atoms with Crippen molar-refractivity contribution in [2.24, 2.45) is 29.6 Å². The van der Waals surface area contributed by atoms with Crippen LogP contribution in [-0.4, -0.2) is 89.9 Å². The molecule has 323 valence electrons. The average Bonchev–Trinajstić information content (AvgIpc) is 3.17. The van der Waals surface area contributed by atoms with E-state index in [4.69, 9.17) is 14.2 Å². The number of alkyl halides is 9. The number of ether oxygens (including phenoxy) is 3. The van der Waals surface area contributed by atoms with Gasteiger partial charge in [-0.25, -0.2) is 0 Å². The monoisotopic (exact) mass is 978 g/mol. The van der Waals surface area contributed by atoms with Crippen molar-refractivity contribution in [3.8, 4) is 0 Å². The van der Waals surface area contributed by atoms with E-state index in [0.717, 1.165) is 69.6 Å². The first kappa shape index (κ1) is 48.5. The van der Waals surface area contributed by atoms with Crippen LogP contribution >= 0.6 is 0 Å². The Kier molecular flexibility index (Phi) is 19.8. The zero-order chi connectivity index (χ0) is 39.5. The Balaban J connectivity index is 0.000000220. The molecule has 0 N–H and O–H groups in total. The summed E-state index contributed by atoms with van der Waals surface area (Å²) in [6, 6.07) is 0.142. The first-order chi connectivity index (χ1) is 25.5. The van der Waals surface area contributed by atoms with Gasteiger partial charge in [0.2, 0.25) is 0 Å². The van der Waals surface area contributed by atoms with Crippen molar-refractivity contribution >= 4 is 0 Å². The van der Waals surface area contributed by atoms with E-state index in [2.05, 4.69) is 35.2 Å². The van der Waals surface area contributed by atoms with Crippen LogP contribution in [0, 0.1) is 48.9 Å². The van der Waals surface area contributed by atoms with Gasteiger partial charge in [0.1, 0.15) is 0 Å². The fourth-order valence-corrected chi connectivity index (χ4v) is 8.28. The van der Waals surface area contributed by atoms with Gasteiger partial charge in [-0.3, -0.25) is 0 Å². The predicted molar refractivity (Wildman–Crippen MR) is 189 cm³/mol. The molecule has 16 heteroatoms. The summed E-state index contributed by atoms with van der Waals surface area (Å²) in [6.45, 7) is -0.385. The van der Waals surface area contributed by atoms with Gasteiger partial charge in [-0.15, -0.1) is 19.6 Å². The SMILES string of the molecule is COC1CC[CH-]C(C2=CC=C(C(F)(F)F)C[N-]2)C1.COC1CC[CH-]C(C2CCC(C(F)(F)F)C[N-]2)C1.COC1CC[CH-]C(C2CCC(C(F)(F)F)C[N-]2)C1.[Ir]. The van der Waals surface area contributed by atoms with Crippen LogP contribution in [0.3, 0.4) is 0 Å². The zero-order valence-electron chi connectivity index (χ0n) is 31.8. The maximum Gasteiger partial charge on any atom is 0.411 e. The van der Waals surface area contributed by atoms with E-state index in [0.29, 0.717) is 24.7 Å². The van der Waals surface area contributed by atoms with Crippen LogP contribution in [0.5, 0.6) is 0 Å². The molecule has 0 spiro atoms. The van der Waals surface area contributed by atoms with Crippen LogP contribution in [0.1, 0.15) is 83.5 Å². The fraction of sp³-hybridized carbons (Fsp3) is 0.821. The Bertz CT molecular complexity index is 1120. The molecule has 55 heavy (non-hydrogen) atoms. The molecule has 3 aliphatic heterocycles. The van der Waals surface area contributed by atoms with E-state index in [1.54, 1.807) is 21.3 Å². The van der Waals surface area contributed by atoms with E-state index in [1.165, 1.54) is 6.08 Å². The molecule has 0 aromatic heterocycles. The molecule has 5 fully saturated rings. The minimum absolute atomic E-state index is 0. The summed E-state index contributed by atoms with van der Waals surface area (Å²) in [5.41, 5.74) is 0.162. The van der Waals surface area contributed by atoms with Crippen molar-refractivity contribution in [1.29, 1.82) is 0 Å². The molecule has 10 atom stereocenters. The van der Waals surface area contributed by atoms with Crippen LogP contribution in [0.4, 0.5) is 39.5 Å². The minimum Gasteiger partial charge on any atom is -0.686 e. The van der Waals surface area contributed by atoms with Gasteiger partial charge in [0.15, 0.2) is 0 Å². The molecule has 2 saturated heterocycles. The van der Waals surface area contributed by atoms with Crippen molar-refractivity contribution in [2.75, 3.05) is 41.0 Å². The summed E-state index contributed by atoms with van der Waals surface area (Å²) in [7, 11) is 5.07. The molecule has 1 radical (unpaired) electrons. The zero-order valence-corrected chi connectivity index (χ0v) is 34.2. The molecule has 3 heterocycles. The topological polar surface area (TPSA) is 70.0 Å². The molecule has 0 amide bonds. The van der Waals surface area contributed by atoms with Gasteiger partial charge >= 0.3 is 18.5 Å². The van der Waals surface area contributed by atoms with Gasteiger partial charge in [0.05, 0.1) is 18.3 Å². The van der Waals surface area contributed by atoms with Gasteiger partial charge in [-0.1, -0.05) is 57.1 Å². The summed E-state index contributed by atoms with van der Waals surface area (Å²) in [5.74, 6) is -1.73. The van der Waals surface area contributed by atoms with Crippen LogP contribution in [-0.2, 0) is 34.3 Å². The summed E-state index contributed by atoms with van der Waals surface area (Å²) in [4.78, 5) is 0. The van der Waals surface area contributed by atoms with Gasteiger partial charge in [0.25, 0.3) is 0 Å². The van der Waals surface area contributed by atoms with Crippen molar-refractivity contribution in [3.05, 3.63) is 58.6 Å². The number of methoxy groups -OCH3 is 3. The summed E-state index contributed by atoms with van der Waals surface area (Å²) >= 11 is 0. The van der Waals surface area contributed by atoms with Crippen LogP contribution in [0.25, 0.3) is 16.0 Å². The summed E-state index contributed by atoms with van der Waals surface area (Å²) < 4.78 is 129. The predicted octanol–water partition coefficient (Wildman–Crippen LogP) is 11.2. The number of piperidine rings is 2. The van der Waals surface area contributed by atoms with E-state index in [-0.39, 0.29) is 88.9 Å². The molecule has 6 nitrogen and oxygen atoms in total. The normalized spacial score (nSPS) is 34.9. The number of hydrogen-bond acceptors (Lipinski definition) is 3. The van der Waals surface area contributed by atoms with Gasteiger partial charge in [-0.05, 0) is 19.3 Å². The van der Waals surface area contributed by atoms with Gasteiger partial charge in [-0.2, -0.15) is 94.3 Å². The molecule has 0 bridgehead atoms. The van der Waals surface area contributed by atoms with Gasteiger partial charge in [0, 0.05) is 58.8 Å². The number of halogens is 9. The average molecular weight is 978 g/mol. The smallest absolute Gasteiger partial charge is 0.411 e. The Hall–Kier alpha value is -0.901. The van der Waals surface area contributed by atoms with Crippen LogP contribution in [0.2, 0.25) is 0 Å². The first-order valence-corrected chi connectivity index (χ1v) is 19.2. The number of rotatable bonds is 6. The molecule has 0 aromatic rings. The van der Waals surface area contributed by atoms with Crippen molar-refractivity contribution < 1.29 is 73.8 Å². The Morgan fingerprint density at radius 3 is 1.36 bits per heavy atom. The standard InChI is InChI=1S/2C13H20F3NO.C13H16F3NO.Ir/c3*1-18-11-4-2-3-9(7-11)12-6-5-10(8-17-12)13(14,15)16;/h2*3,9-12H,2,4-8H2,1H3;3,5-6,9,11H,2,4,7-8H2,1H3;/q3*-2;. The second kappa shape index (κ2) is 22.5. The molecule has 10 unspecified atom stereocenters. The Morgan fingerprint density at radius 2 is 1.02 bits per heavy atom. The van der Waals surface area contributed by atoms with Gasteiger partial charge < -0.3 is 49.4 Å². The Morgan fingerprint density at radius 1 is 0.582 bits per heavy atom. The number of allylic oxidation sites excluding steroid dienone is 3. The molecule has 6 rings (SSSR count). The second-order valence-electron chi connectivity index (χ2n) is 15.2. The third kappa shape index (κ3) is 15.3. The van der Waals surface area contributed by atoms with Crippen LogP contribution in [0.15, 0.2) is 23.4 Å². The summed E-state index contributed by atoms with van der Waals surface area (Å²) in [6.07, 6.45) is 7.52. The van der Waals surface area contributed by atoms with Crippen molar-refractivity contribution in [3.63, 3.8) is 0 Å². The Labute approximate surface area is 334 Å². The number of nitrogens with zero attached hydrogens (tertiary/aromatic N) is 3. The molecular weight excluding hydrogens is 922 g/mol. The molecule has 6 aliphatic rings.